The van der Waals surface area contributed by atoms with Crippen molar-refractivity contribution in [3.63, 3.8) is 0 Å². The molecule has 0 saturated heterocycles. The first-order valence-electron chi connectivity index (χ1n) is 16.7. The van der Waals surface area contributed by atoms with Crippen LogP contribution in [0.15, 0.2) is 170 Å². The first-order chi connectivity index (χ1) is 24.8. The predicted molar refractivity (Wildman–Crippen MR) is 209 cm³/mol. The molecule has 3 heterocycles. The molecule has 0 aliphatic carbocycles. The molecule has 0 bridgehead atoms. The van der Waals surface area contributed by atoms with Crippen LogP contribution >= 0.6 is 11.3 Å². The maximum absolute atomic E-state index is 5.02. The molecule has 3 aromatic heterocycles. The zero-order valence-corrected chi connectivity index (χ0v) is 27.7. The highest BCUT2D eigenvalue weighted by molar-refractivity contribution is 7.26. The molecular weight excluding hydrogens is 629 g/mol. The van der Waals surface area contributed by atoms with E-state index in [2.05, 4.69) is 138 Å². The summed E-state index contributed by atoms with van der Waals surface area (Å²) in [6, 6.07) is 59.6. The van der Waals surface area contributed by atoms with E-state index in [1.165, 1.54) is 47.5 Å². The van der Waals surface area contributed by atoms with Gasteiger partial charge in [0, 0.05) is 53.3 Å². The summed E-state index contributed by atoms with van der Waals surface area (Å²) in [6.45, 7) is 0. The van der Waals surface area contributed by atoms with Crippen molar-refractivity contribution in [3.8, 4) is 51.0 Å². The van der Waals surface area contributed by atoms with E-state index in [0.29, 0.717) is 17.5 Å². The van der Waals surface area contributed by atoms with E-state index in [4.69, 9.17) is 15.0 Å². The molecule has 50 heavy (non-hydrogen) atoms. The first kappa shape index (κ1) is 28.6. The highest BCUT2D eigenvalue weighted by Crippen LogP contribution is 2.43. The summed E-state index contributed by atoms with van der Waals surface area (Å²) in [7, 11) is 0. The van der Waals surface area contributed by atoms with Gasteiger partial charge >= 0.3 is 0 Å². The van der Waals surface area contributed by atoms with E-state index in [1.807, 2.05) is 47.7 Å². The largest absolute Gasteiger partial charge is 0.309 e. The van der Waals surface area contributed by atoms with Gasteiger partial charge in [-0.05, 0) is 53.6 Å². The Kier molecular flexibility index (Phi) is 6.64. The minimum atomic E-state index is 0.641. The highest BCUT2D eigenvalue weighted by Gasteiger charge is 2.18. The molecule has 7 aromatic carbocycles. The van der Waals surface area contributed by atoms with Gasteiger partial charge < -0.3 is 4.57 Å². The van der Waals surface area contributed by atoms with Gasteiger partial charge in [-0.3, -0.25) is 0 Å². The summed E-state index contributed by atoms with van der Waals surface area (Å²) < 4.78 is 5.02. The summed E-state index contributed by atoms with van der Waals surface area (Å²) in [4.78, 5) is 14.9. The fourth-order valence-corrected chi connectivity index (χ4v) is 8.32. The van der Waals surface area contributed by atoms with Crippen LogP contribution in [0.3, 0.4) is 0 Å². The van der Waals surface area contributed by atoms with Crippen molar-refractivity contribution in [3.05, 3.63) is 170 Å². The molecule has 0 fully saturated rings. The second-order valence-corrected chi connectivity index (χ2v) is 13.5. The molecule has 0 N–H and O–H groups in total. The smallest absolute Gasteiger partial charge is 0.164 e. The lowest BCUT2D eigenvalue weighted by Crippen LogP contribution is -2.00. The van der Waals surface area contributed by atoms with E-state index in [0.717, 1.165) is 27.9 Å². The highest BCUT2D eigenvalue weighted by atomic mass is 32.1. The molecule has 4 nitrogen and oxygen atoms in total. The van der Waals surface area contributed by atoms with E-state index >= 15 is 0 Å². The fraction of sp³-hybridized carbons (Fsp3) is 0. The Bertz CT molecular complexity index is 2840. The van der Waals surface area contributed by atoms with Crippen LogP contribution in [0.1, 0.15) is 0 Å². The number of thiophene rings is 1. The molecular formula is C45H28N4S. The lowest BCUT2D eigenvalue weighted by molar-refractivity contribution is 1.07. The van der Waals surface area contributed by atoms with E-state index in [1.54, 1.807) is 0 Å². The Morgan fingerprint density at radius 2 is 0.860 bits per heavy atom. The molecule has 0 radical (unpaired) electrons. The third-order valence-corrected chi connectivity index (χ3v) is 10.7. The molecule has 0 spiro atoms. The average molecular weight is 657 g/mol. The number of benzene rings is 7. The van der Waals surface area contributed by atoms with Crippen LogP contribution in [-0.4, -0.2) is 19.5 Å². The molecule has 0 aliphatic rings. The van der Waals surface area contributed by atoms with E-state index in [-0.39, 0.29) is 0 Å². The summed E-state index contributed by atoms with van der Waals surface area (Å²) in [5, 5.41) is 5.19. The number of hydrogen-bond donors (Lipinski definition) is 0. The minimum Gasteiger partial charge on any atom is -0.309 e. The average Bonchev–Trinajstić information content (AvgIpc) is 3.74. The Balaban J connectivity index is 1.09. The normalized spacial score (nSPS) is 11.6. The zero-order chi connectivity index (χ0) is 33.0. The van der Waals surface area contributed by atoms with Crippen LogP contribution in [0.2, 0.25) is 0 Å². The molecule has 0 amide bonds. The minimum absolute atomic E-state index is 0.641. The summed E-state index contributed by atoms with van der Waals surface area (Å²) >= 11 is 1.88. The quantitative estimate of drug-likeness (QED) is 0.185. The fourth-order valence-electron chi connectivity index (χ4n) is 7.07. The number of rotatable bonds is 5. The summed E-state index contributed by atoms with van der Waals surface area (Å²) in [5.41, 5.74) is 8.64. The van der Waals surface area contributed by atoms with Crippen LogP contribution in [-0.2, 0) is 0 Å². The van der Waals surface area contributed by atoms with E-state index in [9.17, 15) is 0 Å². The SMILES string of the molecule is c1ccc(-c2ccc(-c3nc(-c4ccccc4)nc(-c4ccc(-n5c6ccccc6c6c7sc8ccccc8c7ccc65)cc4)n3)cc2)cc1. The number of nitrogens with zero attached hydrogens (tertiary/aromatic N) is 4. The lowest BCUT2D eigenvalue weighted by Gasteiger charge is -2.11. The van der Waals surface area contributed by atoms with Crippen molar-refractivity contribution in [1.82, 2.24) is 19.5 Å². The first-order valence-corrected chi connectivity index (χ1v) is 17.5. The third kappa shape index (κ3) is 4.71. The monoisotopic (exact) mass is 656 g/mol. The van der Waals surface area contributed by atoms with Gasteiger partial charge in [0.1, 0.15) is 0 Å². The van der Waals surface area contributed by atoms with Crippen molar-refractivity contribution in [1.29, 1.82) is 0 Å². The second kappa shape index (κ2) is 11.6. The van der Waals surface area contributed by atoms with Gasteiger partial charge in [0.2, 0.25) is 0 Å². The molecule has 5 heteroatoms. The van der Waals surface area contributed by atoms with E-state index < -0.39 is 0 Å². The molecule has 0 aliphatic heterocycles. The Hall–Kier alpha value is -6.43. The van der Waals surface area contributed by atoms with Crippen molar-refractivity contribution in [2.75, 3.05) is 0 Å². The van der Waals surface area contributed by atoms with Crippen molar-refractivity contribution >= 4 is 53.3 Å². The van der Waals surface area contributed by atoms with Gasteiger partial charge in [-0.15, -0.1) is 11.3 Å². The maximum Gasteiger partial charge on any atom is 0.164 e. The summed E-state index contributed by atoms with van der Waals surface area (Å²) in [5.74, 6) is 1.94. The molecule has 234 valence electrons. The molecule has 10 aromatic rings. The Morgan fingerprint density at radius 1 is 0.360 bits per heavy atom. The van der Waals surface area contributed by atoms with Gasteiger partial charge in [-0.1, -0.05) is 127 Å². The molecule has 0 atom stereocenters. The number of para-hydroxylation sites is 1. The van der Waals surface area contributed by atoms with Crippen molar-refractivity contribution < 1.29 is 0 Å². The molecule has 10 rings (SSSR count). The van der Waals surface area contributed by atoms with Crippen LogP contribution < -0.4 is 0 Å². The Labute approximate surface area is 292 Å². The second-order valence-electron chi connectivity index (χ2n) is 12.4. The van der Waals surface area contributed by atoms with Gasteiger partial charge in [-0.25, -0.2) is 15.0 Å². The predicted octanol–water partition coefficient (Wildman–Crippen LogP) is 12.0. The van der Waals surface area contributed by atoms with Gasteiger partial charge in [0.25, 0.3) is 0 Å². The topological polar surface area (TPSA) is 43.6 Å². The zero-order valence-electron chi connectivity index (χ0n) is 26.9. The third-order valence-electron chi connectivity index (χ3n) is 9.48. The van der Waals surface area contributed by atoms with Crippen LogP contribution in [0, 0.1) is 0 Å². The lowest BCUT2D eigenvalue weighted by atomic mass is 10.0. The number of aromatic nitrogens is 4. The van der Waals surface area contributed by atoms with Crippen LogP contribution in [0.4, 0.5) is 0 Å². The van der Waals surface area contributed by atoms with Crippen LogP contribution in [0.5, 0.6) is 0 Å². The van der Waals surface area contributed by atoms with Gasteiger partial charge in [-0.2, -0.15) is 0 Å². The maximum atomic E-state index is 5.02. The van der Waals surface area contributed by atoms with Gasteiger partial charge in [0.05, 0.1) is 11.0 Å². The Morgan fingerprint density at radius 3 is 1.54 bits per heavy atom. The number of hydrogen-bond acceptors (Lipinski definition) is 4. The summed E-state index contributed by atoms with van der Waals surface area (Å²) in [6.07, 6.45) is 0. The van der Waals surface area contributed by atoms with Gasteiger partial charge in [0.15, 0.2) is 17.5 Å². The standard InChI is InChI=1S/C45H28N4S/c1-3-11-29(12-4-1)30-19-21-32(22-20-30)44-46-43(31-13-5-2-6-14-31)47-45(48-44)33-23-25-34(26-24-33)49-38-17-9-7-16-37(38)41-39(49)28-27-36-35-15-8-10-18-40(35)50-42(36)41/h1-28H. The number of fused-ring (bicyclic) bond motifs is 7. The molecule has 0 saturated carbocycles. The van der Waals surface area contributed by atoms with Crippen molar-refractivity contribution in [2.45, 2.75) is 0 Å². The molecule has 0 unspecified atom stereocenters. The van der Waals surface area contributed by atoms with Crippen molar-refractivity contribution in [2.24, 2.45) is 0 Å². The van der Waals surface area contributed by atoms with Crippen LogP contribution in [0.25, 0.3) is 93.0 Å².